The van der Waals surface area contributed by atoms with Gasteiger partial charge in [0.25, 0.3) is 0 Å². The van der Waals surface area contributed by atoms with Crippen LogP contribution in [0.1, 0.15) is 5.69 Å². The van der Waals surface area contributed by atoms with E-state index in [-0.39, 0.29) is 6.61 Å². The van der Waals surface area contributed by atoms with E-state index in [1.165, 1.54) is 0 Å². The van der Waals surface area contributed by atoms with Gasteiger partial charge in [-0.25, -0.2) is 4.98 Å². The fraction of sp³-hybridized carbons (Fsp3) is 0.100. The van der Waals surface area contributed by atoms with Crippen molar-refractivity contribution in [3.8, 4) is 5.69 Å². The minimum Gasteiger partial charge on any atom is -0.399 e. The Balaban J connectivity index is 2.39. The maximum atomic E-state index is 8.85. The Kier molecular flexibility index (Phi) is 2.20. The van der Waals surface area contributed by atoms with Gasteiger partial charge in [0.2, 0.25) is 0 Å². The van der Waals surface area contributed by atoms with Crippen molar-refractivity contribution in [1.29, 1.82) is 0 Å². The van der Waals surface area contributed by atoms with Gasteiger partial charge in [-0.1, -0.05) is 6.07 Å². The molecule has 0 atom stereocenters. The third-order valence-electron chi connectivity index (χ3n) is 1.97. The molecule has 1 heterocycles. The molecule has 0 saturated carbocycles. The zero-order valence-corrected chi connectivity index (χ0v) is 7.59. The van der Waals surface area contributed by atoms with E-state index in [0.717, 1.165) is 5.69 Å². The lowest BCUT2D eigenvalue weighted by molar-refractivity contribution is 0.277. The molecule has 1 aromatic heterocycles. The SMILES string of the molecule is Nc1cccc(-n2cnc(CO)c2)c1. The first-order valence-electron chi connectivity index (χ1n) is 4.29. The molecule has 0 aliphatic rings. The molecule has 0 spiro atoms. The van der Waals surface area contributed by atoms with E-state index in [9.17, 15) is 0 Å². The molecule has 0 saturated heterocycles. The first-order chi connectivity index (χ1) is 6.79. The van der Waals surface area contributed by atoms with E-state index in [0.29, 0.717) is 11.4 Å². The van der Waals surface area contributed by atoms with Crippen LogP contribution in [0.5, 0.6) is 0 Å². The van der Waals surface area contributed by atoms with Crippen LogP contribution >= 0.6 is 0 Å². The molecule has 3 N–H and O–H groups in total. The van der Waals surface area contributed by atoms with Gasteiger partial charge in [0, 0.05) is 17.6 Å². The van der Waals surface area contributed by atoms with Crippen molar-refractivity contribution in [3.63, 3.8) is 0 Å². The molecule has 0 amide bonds. The standard InChI is InChI=1S/C10H11N3O/c11-8-2-1-3-10(4-8)13-5-9(6-14)12-7-13/h1-5,7,14H,6,11H2. The second kappa shape index (κ2) is 3.51. The lowest BCUT2D eigenvalue weighted by Crippen LogP contribution is -1.92. The number of rotatable bonds is 2. The van der Waals surface area contributed by atoms with Crippen LogP contribution in [0.2, 0.25) is 0 Å². The zero-order valence-electron chi connectivity index (χ0n) is 7.59. The monoisotopic (exact) mass is 189 g/mol. The van der Waals surface area contributed by atoms with Gasteiger partial charge in [0.15, 0.2) is 0 Å². The highest BCUT2D eigenvalue weighted by molar-refractivity contribution is 5.47. The molecule has 14 heavy (non-hydrogen) atoms. The smallest absolute Gasteiger partial charge is 0.0996 e. The van der Waals surface area contributed by atoms with Gasteiger partial charge in [0.1, 0.15) is 0 Å². The highest BCUT2D eigenvalue weighted by atomic mass is 16.3. The first-order valence-corrected chi connectivity index (χ1v) is 4.29. The summed E-state index contributed by atoms with van der Waals surface area (Å²) in [5, 5.41) is 8.85. The Hall–Kier alpha value is -1.81. The highest BCUT2D eigenvalue weighted by Gasteiger charge is 1.99. The molecule has 0 unspecified atom stereocenters. The number of imidazole rings is 1. The number of aliphatic hydroxyl groups is 1. The van der Waals surface area contributed by atoms with Crippen molar-refractivity contribution < 1.29 is 5.11 Å². The summed E-state index contributed by atoms with van der Waals surface area (Å²) in [4.78, 5) is 4.01. The van der Waals surface area contributed by atoms with Gasteiger partial charge in [-0.05, 0) is 18.2 Å². The van der Waals surface area contributed by atoms with Crippen LogP contribution in [0.3, 0.4) is 0 Å². The first kappa shape index (κ1) is 8.77. The third kappa shape index (κ3) is 1.60. The zero-order chi connectivity index (χ0) is 9.97. The number of nitrogen functional groups attached to an aromatic ring is 1. The van der Waals surface area contributed by atoms with E-state index in [1.807, 2.05) is 28.8 Å². The van der Waals surface area contributed by atoms with Crippen LogP contribution in [0.4, 0.5) is 5.69 Å². The molecule has 0 aliphatic carbocycles. The van der Waals surface area contributed by atoms with Crippen molar-refractivity contribution >= 4 is 5.69 Å². The minimum absolute atomic E-state index is 0.0463. The number of nitrogens with two attached hydrogens (primary N) is 1. The average Bonchev–Trinajstić information content (AvgIpc) is 2.66. The lowest BCUT2D eigenvalue weighted by Gasteiger charge is -2.01. The molecule has 1 aromatic carbocycles. The van der Waals surface area contributed by atoms with E-state index < -0.39 is 0 Å². The molecule has 72 valence electrons. The summed E-state index contributed by atoms with van der Waals surface area (Å²) in [7, 11) is 0. The van der Waals surface area contributed by atoms with Gasteiger partial charge in [-0.15, -0.1) is 0 Å². The van der Waals surface area contributed by atoms with E-state index >= 15 is 0 Å². The molecular formula is C10H11N3O. The maximum Gasteiger partial charge on any atom is 0.0996 e. The van der Waals surface area contributed by atoms with Crippen LogP contribution in [-0.4, -0.2) is 14.7 Å². The fourth-order valence-electron chi connectivity index (χ4n) is 1.27. The van der Waals surface area contributed by atoms with Crippen LogP contribution in [0, 0.1) is 0 Å². The van der Waals surface area contributed by atoms with E-state index in [4.69, 9.17) is 10.8 Å². The number of hydrogen-bond donors (Lipinski definition) is 2. The second-order valence-corrected chi connectivity index (χ2v) is 3.03. The molecule has 0 bridgehead atoms. The normalized spacial score (nSPS) is 10.4. The number of hydrogen-bond acceptors (Lipinski definition) is 3. The van der Waals surface area contributed by atoms with Crippen LogP contribution in [-0.2, 0) is 6.61 Å². The Morgan fingerprint density at radius 3 is 2.93 bits per heavy atom. The minimum atomic E-state index is -0.0463. The van der Waals surface area contributed by atoms with Gasteiger partial charge in [-0.3, -0.25) is 0 Å². The van der Waals surface area contributed by atoms with Gasteiger partial charge >= 0.3 is 0 Å². The van der Waals surface area contributed by atoms with Crippen molar-refractivity contribution in [1.82, 2.24) is 9.55 Å². The van der Waals surface area contributed by atoms with E-state index in [2.05, 4.69) is 4.98 Å². The molecular weight excluding hydrogens is 178 g/mol. The summed E-state index contributed by atoms with van der Waals surface area (Å²) in [6, 6.07) is 7.48. The van der Waals surface area contributed by atoms with Crippen LogP contribution < -0.4 is 5.73 Å². The van der Waals surface area contributed by atoms with Crippen LogP contribution in [0.25, 0.3) is 5.69 Å². The summed E-state index contributed by atoms with van der Waals surface area (Å²) in [6.45, 7) is -0.0463. The largest absolute Gasteiger partial charge is 0.399 e. The quantitative estimate of drug-likeness (QED) is 0.691. The van der Waals surface area contributed by atoms with Crippen molar-refractivity contribution in [2.75, 3.05) is 5.73 Å². The van der Waals surface area contributed by atoms with E-state index in [1.54, 1.807) is 12.5 Å². The third-order valence-corrected chi connectivity index (χ3v) is 1.97. The Morgan fingerprint density at radius 1 is 1.43 bits per heavy atom. The molecule has 0 radical (unpaired) electrons. The summed E-state index contributed by atoms with van der Waals surface area (Å²) in [6.07, 6.45) is 3.43. The van der Waals surface area contributed by atoms with Gasteiger partial charge in [0.05, 0.1) is 18.6 Å². The Bertz CT molecular complexity index is 436. The average molecular weight is 189 g/mol. The van der Waals surface area contributed by atoms with Gasteiger partial charge in [-0.2, -0.15) is 0 Å². The maximum absolute atomic E-state index is 8.85. The molecule has 0 fully saturated rings. The summed E-state index contributed by atoms with van der Waals surface area (Å²) in [5.41, 5.74) is 7.95. The number of aromatic nitrogens is 2. The lowest BCUT2D eigenvalue weighted by atomic mass is 10.3. The number of anilines is 1. The molecule has 0 aliphatic heterocycles. The fourth-order valence-corrected chi connectivity index (χ4v) is 1.27. The van der Waals surface area contributed by atoms with Crippen LogP contribution in [0.15, 0.2) is 36.8 Å². The molecule has 4 nitrogen and oxygen atoms in total. The summed E-state index contributed by atoms with van der Waals surface area (Å²) < 4.78 is 1.82. The van der Waals surface area contributed by atoms with Crippen molar-refractivity contribution in [2.45, 2.75) is 6.61 Å². The number of aliphatic hydroxyl groups excluding tert-OH is 1. The molecule has 2 aromatic rings. The molecule has 4 heteroatoms. The highest BCUT2D eigenvalue weighted by Crippen LogP contribution is 2.12. The van der Waals surface area contributed by atoms with Gasteiger partial charge < -0.3 is 15.4 Å². The molecule has 2 rings (SSSR count). The Labute approximate surface area is 81.6 Å². The predicted molar refractivity (Wildman–Crippen MR) is 53.9 cm³/mol. The number of benzene rings is 1. The summed E-state index contributed by atoms with van der Waals surface area (Å²) in [5.74, 6) is 0. The Morgan fingerprint density at radius 2 is 2.29 bits per heavy atom. The second-order valence-electron chi connectivity index (χ2n) is 3.03. The summed E-state index contributed by atoms with van der Waals surface area (Å²) >= 11 is 0. The number of nitrogens with zero attached hydrogens (tertiary/aromatic N) is 2. The van der Waals surface area contributed by atoms with Crippen molar-refractivity contribution in [2.24, 2.45) is 0 Å². The predicted octanol–water partition coefficient (Wildman–Crippen LogP) is 0.947. The van der Waals surface area contributed by atoms with Crippen molar-refractivity contribution in [3.05, 3.63) is 42.5 Å². The topological polar surface area (TPSA) is 64.1 Å².